The smallest absolute Gasteiger partial charge is 0.229 e. The van der Waals surface area contributed by atoms with E-state index in [1.54, 1.807) is 18.2 Å². The van der Waals surface area contributed by atoms with Crippen molar-refractivity contribution in [1.29, 1.82) is 0 Å². The van der Waals surface area contributed by atoms with E-state index in [0.29, 0.717) is 0 Å². The number of phenolic OH excluding ortho intramolecular Hbond substituents is 1. The Labute approximate surface area is 192 Å². The molecule has 1 aliphatic rings. The average Bonchev–Trinajstić information content (AvgIpc) is 2.84. The second kappa shape index (κ2) is 9.49. The number of rotatable bonds is 6. The molecule has 0 amide bonds. The summed E-state index contributed by atoms with van der Waals surface area (Å²) in [5, 5.41) is 49.9. The van der Waals surface area contributed by atoms with Gasteiger partial charge in [-0.25, -0.2) is 0 Å². The predicted molar refractivity (Wildman–Crippen MR) is 117 cm³/mol. The Kier molecular flexibility index (Phi) is 6.64. The van der Waals surface area contributed by atoms with E-state index in [2.05, 4.69) is 0 Å². The van der Waals surface area contributed by atoms with Crippen LogP contribution in [0.1, 0.15) is 0 Å². The lowest BCUT2D eigenvalue weighted by atomic mass is 9.99. The minimum absolute atomic E-state index is 0.0450. The number of hydrogen-bond donors (Lipinski definition) is 5. The molecule has 1 fully saturated rings. The van der Waals surface area contributed by atoms with Gasteiger partial charge in [0, 0.05) is 12.1 Å². The van der Waals surface area contributed by atoms with Crippen LogP contribution < -0.4 is 19.6 Å². The first-order chi connectivity index (χ1) is 16.3. The standard InChI is InChI=1S/C23H24O11/c1-30-15-8-12(26)17-11(25)7-14(32-22(17)21(15)31-2)10-5-3-4-6-13(10)33-23-20(29)19(28)18(27)16(9-24)34-23/h3-8,16,18-20,23-24,26-29H,9H2,1-2H3/t16-,18-,19+,20-,23-/m0/s1. The Bertz CT molecular complexity index is 1240. The molecule has 1 aliphatic heterocycles. The van der Waals surface area contributed by atoms with Crippen LogP contribution >= 0.6 is 0 Å². The number of aliphatic hydroxyl groups is 4. The molecule has 0 saturated carbocycles. The van der Waals surface area contributed by atoms with E-state index in [1.165, 1.54) is 26.4 Å². The highest BCUT2D eigenvalue weighted by atomic mass is 16.7. The molecule has 0 aliphatic carbocycles. The van der Waals surface area contributed by atoms with Crippen LogP contribution in [0.15, 0.2) is 45.6 Å². The summed E-state index contributed by atoms with van der Waals surface area (Å²) in [7, 11) is 2.73. The summed E-state index contributed by atoms with van der Waals surface area (Å²) in [6.45, 7) is -0.614. The zero-order valence-corrected chi connectivity index (χ0v) is 18.2. The number of methoxy groups -OCH3 is 2. The maximum atomic E-state index is 12.9. The summed E-state index contributed by atoms with van der Waals surface area (Å²) in [6, 6.07) is 8.77. The molecule has 0 spiro atoms. The molecule has 11 heteroatoms. The molecule has 2 heterocycles. The van der Waals surface area contributed by atoms with Crippen LogP contribution in [0.2, 0.25) is 0 Å². The molecule has 11 nitrogen and oxygen atoms in total. The van der Waals surface area contributed by atoms with Crippen molar-refractivity contribution in [3.8, 4) is 34.3 Å². The normalized spacial score (nSPS) is 24.7. The molecule has 4 rings (SSSR count). The van der Waals surface area contributed by atoms with Gasteiger partial charge in [0.1, 0.15) is 47.1 Å². The number of para-hydroxylation sites is 1. The Balaban J connectivity index is 1.80. The first-order valence-electron chi connectivity index (χ1n) is 10.3. The van der Waals surface area contributed by atoms with E-state index in [4.69, 9.17) is 23.4 Å². The van der Waals surface area contributed by atoms with Crippen LogP contribution in [0.3, 0.4) is 0 Å². The number of ether oxygens (including phenoxy) is 4. The number of hydrogen-bond acceptors (Lipinski definition) is 11. The summed E-state index contributed by atoms with van der Waals surface area (Å²) < 4.78 is 27.6. The summed E-state index contributed by atoms with van der Waals surface area (Å²) in [5.41, 5.74) is -0.329. The molecule has 34 heavy (non-hydrogen) atoms. The first-order valence-corrected chi connectivity index (χ1v) is 10.3. The van der Waals surface area contributed by atoms with Crippen molar-refractivity contribution in [3.05, 3.63) is 46.6 Å². The third-order valence-electron chi connectivity index (χ3n) is 5.57. The van der Waals surface area contributed by atoms with Gasteiger partial charge in [-0.1, -0.05) is 12.1 Å². The zero-order chi connectivity index (χ0) is 24.6. The fraction of sp³-hybridized carbons (Fsp3) is 0.348. The summed E-state index contributed by atoms with van der Waals surface area (Å²) in [6.07, 6.45) is -7.39. The van der Waals surface area contributed by atoms with Crippen molar-refractivity contribution in [2.24, 2.45) is 0 Å². The minimum atomic E-state index is -1.63. The molecule has 1 aromatic heterocycles. The minimum Gasteiger partial charge on any atom is -0.507 e. The van der Waals surface area contributed by atoms with Gasteiger partial charge in [0.25, 0.3) is 0 Å². The van der Waals surface area contributed by atoms with Crippen LogP contribution in [0.25, 0.3) is 22.3 Å². The molecule has 0 radical (unpaired) electrons. The molecule has 5 N–H and O–H groups in total. The third kappa shape index (κ3) is 4.04. The Morgan fingerprint density at radius 1 is 0.971 bits per heavy atom. The van der Waals surface area contributed by atoms with Crippen molar-refractivity contribution in [1.82, 2.24) is 0 Å². The van der Waals surface area contributed by atoms with Crippen LogP contribution in [0.4, 0.5) is 0 Å². The Morgan fingerprint density at radius 2 is 1.71 bits per heavy atom. The molecule has 2 aromatic carbocycles. The highest BCUT2D eigenvalue weighted by molar-refractivity contribution is 5.92. The summed E-state index contributed by atoms with van der Waals surface area (Å²) in [5.74, 6) is 0.0584. The fourth-order valence-electron chi connectivity index (χ4n) is 3.81. The molecule has 5 atom stereocenters. The molecule has 0 bridgehead atoms. The van der Waals surface area contributed by atoms with Crippen molar-refractivity contribution >= 4 is 11.0 Å². The molecule has 3 aromatic rings. The monoisotopic (exact) mass is 476 g/mol. The van der Waals surface area contributed by atoms with Crippen LogP contribution in [0.5, 0.6) is 23.0 Å². The maximum absolute atomic E-state index is 12.9. The number of aromatic hydroxyl groups is 1. The molecule has 1 saturated heterocycles. The highest BCUT2D eigenvalue weighted by Gasteiger charge is 2.45. The zero-order valence-electron chi connectivity index (χ0n) is 18.2. The van der Waals surface area contributed by atoms with Crippen molar-refractivity contribution in [2.75, 3.05) is 20.8 Å². The van der Waals surface area contributed by atoms with Gasteiger partial charge in [-0.3, -0.25) is 4.79 Å². The van der Waals surface area contributed by atoms with E-state index < -0.39 is 42.7 Å². The summed E-state index contributed by atoms with van der Waals surface area (Å²) >= 11 is 0. The lowest BCUT2D eigenvalue weighted by Gasteiger charge is -2.39. The van der Waals surface area contributed by atoms with Crippen LogP contribution in [-0.4, -0.2) is 77.1 Å². The number of benzene rings is 2. The van der Waals surface area contributed by atoms with E-state index in [9.17, 15) is 30.3 Å². The van der Waals surface area contributed by atoms with E-state index in [-0.39, 0.29) is 45.3 Å². The lowest BCUT2D eigenvalue weighted by molar-refractivity contribution is -0.277. The Morgan fingerprint density at radius 3 is 2.38 bits per heavy atom. The lowest BCUT2D eigenvalue weighted by Crippen LogP contribution is -2.60. The molecular formula is C23H24O11. The van der Waals surface area contributed by atoms with Gasteiger partial charge >= 0.3 is 0 Å². The van der Waals surface area contributed by atoms with Gasteiger partial charge in [0.15, 0.2) is 16.8 Å². The maximum Gasteiger partial charge on any atom is 0.229 e. The van der Waals surface area contributed by atoms with Gasteiger partial charge < -0.3 is 48.9 Å². The summed E-state index contributed by atoms with van der Waals surface area (Å²) in [4.78, 5) is 12.9. The second-order valence-electron chi connectivity index (χ2n) is 7.62. The topological polar surface area (TPSA) is 168 Å². The quantitative estimate of drug-likeness (QED) is 0.333. The van der Waals surface area contributed by atoms with Gasteiger partial charge in [-0.05, 0) is 12.1 Å². The van der Waals surface area contributed by atoms with E-state index in [0.717, 1.165) is 6.07 Å². The Hall–Kier alpha value is -3.35. The van der Waals surface area contributed by atoms with Crippen LogP contribution in [-0.2, 0) is 4.74 Å². The highest BCUT2D eigenvalue weighted by Crippen LogP contribution is 2.42. The van der Waals surface area contributed by atoms with Crippen LogP contribution in [0, 0.1) is 0 Å². The number of phenols is 1. The first kappa shape index (κ1) is 23.8. The van der Waals surface area contributed by atoms with Crippen molar-refractivity contribution < 1.29 is 48.9 Å². The number of fused-ring (bicyclic) bond motifs is 1. The second-order valence-corrected chi connectivity index (χ2v) is 7.62. The van der Waals surface area contributed by atoms with Gasteiger partial charge in [-0.2, -0.15) is 0 Å². The molecular weight excluding hydrogens is 452 g/mol. The third-order valence-corrected chi connectivity index (χ3v) is 5.57. The largest absolute Gasteiger partial charge is 0.507 e. The van der Waals surface area contributed by atoms with Gasteiger partial charge in [0.05, 0.1) is 26.4 Å². The number of aliphatic hydroxyl groups excluding tert-OH is 4. The molecule has 182 valence electrons. The SMILES string of the molecule is COc1cc(O)c2c(=O)cc(-c3ccccc3O[C@H]3O[C@@H](CO)[C@H](O)[C@@H](O)[C@@H]3O)oc2c1OC. The molecule has 0 unspecified atom stereocenters. The van der Waals surface area contributed by atoms with Gasteiger partial charge in [0.2, 0.25) is 12.0 Å². The van der Waals surface area contributed by atoms with E-state index >= 15 is 0 Å². The average molecular weight is 476 g/mol. The van der Waals surface area contributed by atoms with Gasteiger partial charge in [-0.15, -0.1) is 0 Å². The van der Waals surface area contributed by atoms with Crippen molar-refractivity contribution in [2.45, 2.75) is 30.7 Å². The van der Waals surface area contributed by atoms with Crippen molar-refractivity contribution in [3.63, 3.8) is 0 Å². The fourth-order valence-corrected chi connectivity index (χ4v) is 3.81. The predicted octanol–water partition coefficient (Wildman–Crippen LogP) is 0.361. The van der Waals surface area contributed by atoms with E-state index in [1.807, 2.05) is 0 Å².